The molecule has 0 aliphatic carbocycles. The van der Waals surface area contributed by atoms with Crippen LogP contribution in [-0.2, 0) is 20.0 Å². The molecule has 2 aromatic carbocycles. The number of hydrogen-bond donors (Lipinski definition) is 0. The zero-order valence-electron chi connectivity index (χ0n) is 15.8. The fourth-order valence-corrected chi connectivity index (χ4v) is 7.70. The second kappa shape index (κ2) is 7.59. The van der Waals surface area contributed by atoms with Gasteiger partial charge in [-0.25, -0.2) is 25.2 Å². The maximum atomic E-state index is 15.0. The Morgan fingerprint density at radius 1 is 1.00 bits per heavy atom. The lowest BCUT2D eigenvalue weighted by Crippen LogP contribution is -2.31. The van der Waals surface area contributed by atoms with Crippen molar-refractivity contribution in [3.05, 3.63) is 57.3 Å². The van der Waals surface area contributed by atoms with Gasteiger partial charge in [0, 0.05) is 22.9 Å². The SMILES string of the molecule is Cc1ccc(S(=O)(=O)n2c(S(=O)(=O)N3CCCC3)cc3c(Br)c(Cl)cc(F)c32)cc1. The summed E-state index contributed by atoms with van der Waals surface area (Å²) in [6, 6.07) is 8.04. The third-order valence-electron chi connectivity index (χ3n) is 5.08. The van der Waals surface area contributed by atoms with E-state index in [1.54, 1.807) is 19.1 Å². The van der Waals surface area contributed by atoms with E-state index < -0.39 is 30.9 Å². The topological polar surface area (TPSA) is 76.5 Å². The number of halogens is 3. The van der Waals surface area contributed by atoms with Gasteiger partial charge in [0.15, 0.2) is 5.03 Å². The van der Waals surface area contributed by atoms with E-state index in [0.29, 0.717) is 16.8 Å². The first-order chi connectivity index (χ1) is 14.0. The number of rotatable bonds is 4. The van der Waals surface area contributed by atoms with Gasteiger partial charge in [-0.2, -0.15) is 4.31 Å². The summed E-state index contributed by atoms with van der Waals surface area (Å²) in [5.41, 5.74) is 0.460. The lowest BCUT2D eigenvalue weighted by molar-refractivity contribution is 0.472. The molecule has 0 unspecified atom stereocenters. The minimum atomic E-state index is -4.43. The highest BCUT2D eigenvalue weighted by Gasteiger charge is 2.36. The molecule has 2 heterocycles. The summed E-state index contributed by atoms with van der Waals surface area (Å²) in [5.74, 6) is -0.934. The molecule has 6 nitrogen and oxygen atoms in total. The molecule has 3 aromatic rings. The molecule has 4 rings (SSSR count). The molecule has 0 amide bonds. The van der Waals surface area contributed by atoms with Gasteiger partial charge in [0.25, 0.3) is 20.0 Å². The predicted octanol–water partition coefficient (Wildman–Crippen LogP) is 4.53. The molecule has 1 saturated heterocycles. The van der Waals surface area contributed by atoms with Crippen molar-refractivity contribution in [2.45, 2.75) is 29.7 Å². The summed E-state index contributed by atoms with van der Waals surface area (Å²) in [5, 5.41) is -0.440. The summed E-state index contributed by atoms with van der Waals surface area (Å²) in [6.07, 6.45) is 1.35. The molecule has 0 bridgehead atoms. The first-order valence-corrected chi connectivity index (χ1v) is 13.1. The minimum Gasteiger partial charge on any atom is -0.218 e. The summed E-state index contributed by atoms with van der Waals surface area (Å²) in [7, 11) is -8.62. The Morgan fingerprint density at radius 2 is 1.60 bits per heavy atom. The van der Waals surface area contributed by atoms with E-state index in [1.165, 1.54) is 16.4 Å². The first-order valence-electron chi connectivity index (χ1n) is 9.06. The molecule has 1 aliphatic heterocycles. The van der Waals surface area contributed by atoms with Crippen LogP contribution in [0.1, 0.15) is 18.4 Å². The lowest BCUT2D eigenvalue weighted by atomic mass is 10.2. The van der Waals surface area contributed by atoms with Crippen molar-refractivity contribution in [3.8, 4) is 0 Å². The van der Waals surface area contributed by atoms with E-state index in [9.17, 15) is 21.2 Å². The van der Waals surface area contributed by atoms with E-state index in [2.05, 4.69) is 15.9 Å². The molecular weight excluding hydrogens is 519 g/mol. The van der Waals surface area contributed by atoms with Crippen molar-refractivity contribution in [3.63, 3.8) is 0 Å². The standard InChI is InChI=1S/C19H17BrClFN2O4S2/c1-12-4-6-13(7-5-12)29(25,26)24-17(30(27,28)23-8-2-3-9-23)10-14-18(20)15(21)11-16(22)19(14)24/h4-7,10-11H,2-3,8-9H2,1H3. The maximum absolute atomic E-state index is 15.0. The minimum absolute atomic E-state index is 0.00926. The quantitative estimate of drug-likeness (QED) is 0.460. The van der Waals surface area contributed by atoms with E-state index in [1.807, 2.05) is 0 Å². The summed E-state index contributed by atoms with van der Waals surface area (Å²) in [4.78, 5) is -0.144. The smallest absolute Gasteiger partial charge is 0.218 e. The number of sulfonamides is 1. The van der Waals surface area contributed by atoms with Crippen molar-refractivity contribution in [2.24, 2.45) is 0 Å². The van der Waals surface area contributed by atoms with Crippen LogP contribution in [0, 0.1) is 12.7 Å². The predicted molar refractivity (Wildman–Crippen MR) is 116 cm³/mol. The second-order valence-electron chi connectivity index (χ2n) is 7.09. The Labute approximate surface area is 187 Å². The first kappa shape index (κ1) is 21.8. The van der Waals surface area contributed by atoms with E-state index in [0.717, 1.165) is 17.7 Å². The van der Waals surface area contributed by atoms with Crippen LogP contribution in [0.5, 0.6) is 0 Å². The van der Waals surface area contributed by atoms with Crippen molar-refractivity contribution >= 4 is 58.5 Å². The normalized spacial score (nSPS) is 15.9. The van der Waals surface area contributed by atoms with Gasteiger partial charge in [-0.15, -0.1) is 0 Å². The molecule has 0 atom stereocenters. The van der Waals surface area contributed by atoms with E-state index >= 15 is 0 Å². The summed E-state index contributed by atoms with van der Waals surface area (Å²) < 4.78 is 70.7. The van der Waals surface area contributed by atoms with Crippen LogP contribution in [0.3, 0.4) is 0 Å². The molecule has 0 N–H and O–H groups in total. The van der Waals surface area contributed by atoms with Crippen LogP contribution in [0.25, 0.3) is 10.9 Å². The molecule has 11 heteroatoms. The average molecular weight is 536 g/mol. The molecule has 160 valence electrons. The zero-order valence-corrected chi connectivity index (χ0v) is 19.7. The molecule has 1 fully saturated rings. The molecule has 0 saturated carbocycles. The van der Waals surface area contributed by atoms with Crippen molar-refractivity contribution in [1.82, 2.24) is 8.28 Å². The maximum Gasteiger partial charge on any atom is 0.269 e. The van der Waals surface area contributed by atoms with E-state index in [-0.39, 0.29) is 38.4 Å². The summed E-state index contributed by atoms with van der Waals surface area (Å²) in [6.45, 7) is 2.35. The Balaban J connectivity index is 2.11. The summed E-state index contributed by atoms with van der Waals surface area (Å²) >= 11 is 9.27. The average Bonchev–Trinajstić information content (AvgIpc) is 3.35. The molecule has 0 spiro atoms. The number of nitrogens with zero attached hydrogens (tertiary/aromatic N) is 2. The van der Waals surface area contributed by atoms with Crippen molar-refractivity contribution in [1.29, 1.82) is 0 Å². The number of hydrogen-bond acceptors (Lipinski definition) is 4. The highest BCUT2D eigenvalue weighted by Crippen LogP contribution is 2.39. The fraction of sp³-hybridized carbons (Fsp3) is 0.263. The molecular formula is C19H17BrClFN2O4S2. The Morgan fingerprint density at radius 3 is 2.20 bits per heavy atom. The van der Waals surface area contributed by atoms with Crippen LogP contribution in [0.15, 0.2) is 50.8 Å². The Hall–Kier alpha value is -1.46. The Bertz CT molecular complexity index is 1360. The highest BCUT2D eigenvalue weighted by atomic mass is 79.9. The molecule has 0 radical (unpaired) electrons. The highest BCUT2D eigenvalue weighted by molar-refractivity contribution is 9.10. The third-order valence-corrected chi connectivity index (χ3v) is 10.2. The van der Waals surface area contributed by atoms with Gasteiger partial charge < -0.3 is 0 Å². The zero-order chi connectivity index (χ0) is 21.8. The van der Waals surface area contributed by atoms with E-state index in [4.69, 9.17) is 11.6 Å². The fourth-order valence-electron chi connectivity index (χ4n) is 3.53. The van der Waals surface area contributed by atoms with Gasteiger partial charge in [-0.3, -0.25) is 0 Å². The van der Waals surface area contributed by atoms with Gasteiger partial charge in [0.1, 0.15) is 11.3 Å². The number of aryl methyl sites for hydroxylation is 1. The molecule has 1 aromatic heterocycles. The van der Waals surface area contributed by atoms with Crippen LogP contribution in [-0.4, -0.2) is 38.2 Å². The number of fused-ring (bicyclic) bond motifs is 1. The van der Waals surface area contributed by atoms with Gasteiger partial charge >= 0.3 is 0 Å². The number of aromatic nitrogens is 1. The van der Waals surface area contributed by atoms with Gasteiger partial charge in [-0.1, -0.05) is 29.3 Å². The lowest BCUT2D eigenvalue weighted by Gasteiger charge is -2.18. The van der Waals surface area contributed by atoms with Crippen molar-refractivity contribution in [2.75, 3.05) is 13.1 Å². The molecule has 1 aliphatic rings. The number of benzene rings is 2. The Kier molecular flexibility index (Phi) is 5.51. The van der Waals surface area contributed by atoms with Gasteiger partial charge in [0.05, 0.1) is 9.92 Å². The largest absolute Gasteiger partial charge is 0.269 e. The van der Waals surface area contributed by atoms with Crippen LogP contribution >= 0.6 is 27.5 Å². The van der Waals surface area contributed by atoms with Crippen LogP contribution < -0.4 is 0 Å². The monoisotopic (exact) mass is 534 g/mol. The second-order valence-corrected chi connectivity index (χ2v) is 12.0. The van der Waals surface area contributed by atoms with Crippen LogP contribution in [0.2, 0.25) is 5.02 Å². The van der Waals surface area contributed by atoms with Crippen LogP contribution in [0.4, 0.5) is 4.39 Å². The van der Waals surface area contributed by atoms with Gasteiger partial charge in [0.2, 0.25) is 0 Å². The van der Waals surface area contributed by atoms with Crippen molar-refractivity contribution < 1.29 is 21.2 Å². The molecule has 30 heavy (non-hydrogen) atoms. The van der Waals surface area contributed by atoms with Gasteiger partial charge in [-0.05, 0) is 60.0 Å². The third kappa shape index (κ3) is 3.38.